The van der Waals surface area contributed by atoms with Crippen LogP contribution in [0, 0.1) is 5.92 Å². The van der Waals surface area contributed by atoms with E-state index in [1.807, 2.05) is 0 Å². The van der Waals surface area contributed by atoms with Crippen LogP contribution in [0.5, 0.6) is 0 Å². The standard InChI is InChI=1S/C10H18N2O3S/c1-15-9(13)3-2-8-4-6-12(7-5-8)10(14)11-16/h8,16H,2-7H2,1H3,(H,11,14). The van der Waals surface area contributed by atoms with Crippen LogP contribution in [-0.4, -0.2) is 37.1 Å². The molecule has 0 aromatic heterocycles. The summed E-state index contributed by atoms with van der Waals surface area (Å²) in [5.41, 5.74) is 0. The molecule has 1 saturated heterocycles. The number of carbonyl (C=O) groups is 2. The third-order valence-corrected chi connectivity index (χ3v) is 3.17. The third kappa shape index (κ3) is 3.92. The predicted molar refractivity (Wildman–Crippen MR) is 63.1 cm³/mol. The Kier molecular flexibility index (Phi) is 5.45. The van der Waals surface area contributed by atoms with E-state index in [2.05, 4.69) is 22.3 Å². The Morgan fingerprint density at radius 1 is 1.44 bits per heavy atom. The van der Waals surface area contributed by atoms with Crippen LogP contribution < -0.4 is 4.72 Å². The van der Waals surface area contributed by atoms with Gasteiger partial charge in [-0.1, -0.05) is 12.8 Å². The Morgan fingerprint density at radius 2 is 2.06 bits per heavy atom. The number of ether oxygens (including phenoxy) is 1. The highest BCUT2D eigenvalue weighted by molar-refractivity contribution is 7.78. The number of nitrogens with zero attached hydrogens (tertiary/aromatic N) is 1. The van der Waals surface area contributed by atoms with Crippen molar-refractivity contribution >= 4 is 24.8 Å². The van der Waals surface area contributed by atoms with Crippen LogP contribution in [0.25, 0.3) is 0 Å². The summed E-state index contributed by atoms with van der Waals surface area (Å²) in [7, 11) is 1.40. The molecule has 1 heterocycles. The van der Waals surface area contributed by atoms with E-state index in [1.165, 1.54) is 7.11 Å². The summed E-state index contributed by atoms with van der Waals surface area (Å²) < 4.78 is 6.91. The van der Waals surface area contributed by atoms with Crippen LogP contribution in [0.3, 0.4) is 0 Å². The molecule has 16 heavy (non-hydrogen) atoms. The zero-order chi connectivity index (χ0) is 12.0. The number of methoxy groups -OCH3 is 1. The molecule has 0 bridgehead atoms. The maximum absolute atomic E-state index is 11.3. The number of likely N-dealkylation sites (tertiary alicyclic amines) is 1. The summed E-state index contributed by atoms with van der Waals surface area (Å²) in [6.07, 6.45) is 3.21. The normalized spacial score (nSPS) is 17.0. The molecule has 0 saturated carbocycles. The van der Waals surface area contributed by atoms with E-state index in [9.17, 15) is 9.59 Å². The first-order chi connectivity index (χ1) is 7.67. The summed E-state index contributed by atoms with van der Waals surface area (Å²) in [4.78, 5) is 24.0. The van der Waals surface area contributed by atoms with Gasteiger partial charge in [-0.05, 0) is 25.2 Å². The molecule has 0 unspecified atom stereocenters. The van der Waals surface area contributed by atoms with Crippen molar-refractivity contribution in [2.45, 2.75) is 25.7 Å². The molecule has 0 aromatic rings. The molecule has 1 N–H and O–H groups in total. The van der Waals surface area contributed by atoms with Crippen molar-refractivity contribution in [3.8, 4) is 0 Å². The first-order valence-corrected chi connectivity index (χ1v) is 5.88. The van der Waals surface area contributed by atoms with E-state index >= 15 is 0 Å². The SMILES string of the molecule is COC(=O)CCC1CCN(C(=O)NS)CC1. The van der Waals surface area contributed by atoms with Gasteiger partial charge in [-0.25, -0.2) is 4.79 Å². The number of hydrogen-bond acceptors (Lipinski definition) is 4. The van der Waals surface area contributed by atoms with Gasteiger partial charge in [-0.15, -0.1) is 0 Å². The Labute approximate surface area is 101 Å². The molecule has 0 aliphatic carbocycles. The second-order valence-corrected chi connectivity index (χ2v) is 4.19. The minimum absolute atomic E-state index is 0.144. The molecule has 1 aliphatic heterocycles. The fourth-order valence-corrected chi connectivity index (χ4v) is 2.06. The third-order valence-electron chi connectivity index (χ3n) is 2.98. The van der Waals surface area contributed by atoms with Crippen molar-refractivity contribution in [1.29, 1.82) is 0 Å². The monoisotopic (exact) mass is 246 g/mol. The lowest BCUT2D eigenvalue weighted by atomic mass is 9.92. The Hall–Kier alpha value is -0.910. The first-order valence-electron chi connectivity index (χ1n) is 5.43. The number of amides is 2. The van der Waals surface area contributed by atoms with Crippen LogP contribution in [0.4, 0.5) is 4.79 Å². The Bertz CT molecular complexity index is 252. The van der Waals surface area contributed by atoms with Crippen molar-refractivity contribution < 1.29 is 14.3 Å². The van der Waals surface area contributed by atoms with Gasteiger partial charge in [-0.2, -0.15) is 0 Å². The van der Waals surface area contributed by atoms with Gasteiger partial charge in [0.2, 0.25) is 0 Å². The molecule has 1 fully saturated rings. The minimum Gasteiger partial charge on any atom is -0.469 e. The number of thiol groups is 1. The largest absolute Gasteiger partial charge is 0.469 e. The molecule has 0 spiro atoms. The van der Waals surface area contributed by atoms with Crippen molar-refractivity contribution in [2.75, 3.05) is 20.2 Å². The highest BCUT2D eigenvalue weighted by Crippen LogP contribution is 2.22. The van der Waals surface area contributed by atoms with Gasteiger partial charge >= 0.3 is 12.0 Å². The number of carbonyl (C=O) groups excluding carboxylic acids is 2. The minimum atomic E-state index is -0.157. The van der Waals surface area contributed by atoms with Gasteiger partial charge in [0.05, 0.1) is 7.11 Å². The number of rotatable bonds is 3. The van der Waals surface area contributed by atoms with E-state index in [4.69, 9.17) is 0 Å². The lowest BCUT2D eigenvalue weighted by Crippen LogP contribution is -2.41. The van der Waals surface area contributed by atoms with Gasteiger partial charge in [0.1, 0.15) is 0 Å². The Balaban J connectivity index is 2.22. The molecular formula is C10H18N2O3S. The maximum atomic E-state index is 11.3. The molecule has 1 rings (SSSR count). The van der Waals surface area contributed by atoms with Crippen molar-refractivity contribution in [3.63, 3.8) is 0 Å². The fraction of sp³-hybridized carbons (Fsp3) is 0.800. The van der Waals surface area contributed by atoms with Crippen LogP contribution in [0.1, 0.15) is 25.7 Å². The van der Waals surface area contributed by atoms with Gasteiger partial charge in [0.25, 0.3) is 0 Å². The average Bonchev–Trinajstić information content (AvgIpc) is 2.35. The first kappa shape index (κ1) is 13.2. The molecule has 2 amide bonds. The quantitative estimate of drug-likeness (QED) is 0.581. The molecule has 0 radical (unpaired) electrons. The van der Waals surface area contributed by atoms with E-state index in [0.29, 0.717) is 12.3 Å². The molecule has 0 aromatic carbocycles. The number of esters is 1. The topological polar surface area (TPSA) is 58.6 Å². The summed E-state index contributed by atoms with van der Waals surface area (Å²) in [6, 6.07) is -0.144. The highest BCUT2D eigenvalue weighted by atomic mass is 32.1. The summed E-state index contributed by atoms with van der Waals surface area (Å²) in [6.45, 7) is 1.47. The Morgan fingerprint density at radius 3 is 2.56 bits per heavy atom. The van der Waals surface area contributed by atoms with E-state index in [1.54, 1.807) is 4.90 Å². The fourth-order valence-electron chi connectivity index (χ4n) is 1.92. The van der Waals surface area contributed by atoms with Gasteiger partial charge in [0, 0.05) is 19.5 Å². The van der Waals surface area contributed by atoms with E-state index in [-0.39, 0.29) is 12.0 Å². The zero-order valence-corrected chi connectivity index (χ0v) is 10.3. The number of hydrogen-bond donors (Lipinski definition) is 2. The molecule has 92 valence electrons. The second kappa shape index (κ2) is 6.62. The number of urea groups is 1. The van der Waals surface area contributed by atoms with Crippen LogP contribution in [-0.2, 0) is 9.53 Å². The van der Waals surface area contributed by atoms with Crippen LogP contribution in [0.15, 0.2) is 0 Å². The zero-order valence-electron chi connectivity index (χ0n) is 9.44. The van der Waals surface area contributed by atoms with Gasteiger partial charge in [0.15, 0.2) is 0 Å². The van der Waals surface area contributed by atoms with Crippen LogP contribution >= 0.6 is 12.8 Å². The van der Waals surface area contributed by atoms with Gasteiger partial charge < -0.3 is 9.64 Å². The predicted octanol–water partition coefficient (Wildman–Crippen LogP) is 1.21. The highest BCUT2D eigenvalue weighted by Gasteiger charge is 2.22. The molecular weight excluding hydrogens is 228 g/mol. The number of nitrogens with one attached hydrogen (secondary N) is 1. The summed E-state index contributed by atoms with van der Waals surface area (Å²) >= 11 is 3.73. The molecule has 5 nitrogen and oxygen atoms in total. The summed E-state index contributed by atoms with van der Waals surface area (Å²) in [5, 5.41) is 0. The smallest absolute Gasteiger partial charge is 0.327 e. The van der Waals surface area contributed by atoms with Crippen molar-refractivity contribution in [2.24, 2.45) is 5.92 Å². The van der Waals surface area contributed by atoms with Crippen LogP contribution in [0.2, 0.25) is 0 Å². The second-order valence-electron chi connectivity index (χ2n) is 3.96. The van der Waals surface area contributed by atoms with Crippen molar-refractivity contribution in [1.82, 2.24) is 9.62 Å². The number of piperidine rings is 1. The lowest BCUT2D eigenvalue weighted by molar-refractivity contribution is -0.141. The molecule has 6 heteroatoms. The van der Waals surface area contributed by atoms with E-state index in [0.717, 1.165) is 32.4 Å². The van der Waals surface area contributed by atoms with Crippen molar-refractivity contribution in [3.05, 3.63) is 0 Å². The average molecular weight is 246 g/mol. The molecule has 1 aliphatic rings. The lowest BCUT2D eigenvalue weighted by Gasteiger charge is -2.31. The summed E-state index contributed by atoms with van der Waals surface area (Å²) in [5.74, 6) is 0.360. The maximum Gasteiger partial charge on any atom is 0.327 e. The van der Waals surface area contributed by atoms with E-state index < -0.39 is 0 Å². The molecule has 0 atom stereocenters. The van der Waals surface area contributed by atoms with Gasteiger partial charge in [-0.3, -0.25) is 9.52 Å².